The minimum absolute atomic E-state index is 0. The number of unbranched alkanes of at least 4 members (excludes halogenated alkanes) is 4. The van der Waals surface area contributed by atoms with Crippen LogP contribution in [0.1, 0.15) is 118 Å². The molecule has 0 saturated carbocycles. The van der Waals surface area contributed by atoms with Crippen molar-refractivity contribution in [2.75, 3.05) is 13.1 Å². The summed E-state index contributed by atoms with van der Waals surface area (Å²) in [6.45, 7) is 11.1. The number of guanidine groups is 2. The monoisotopic (exact) mass is 479 g/mol. The summed E-state index contributed by atoms with van der Waals surface area (Å²) in [4.78, 5) is 9.83. The van der Waals surface area contributed by atoms with Gasteiger partial charge in [0.15, 0.2) is 5.96 Å². The van der Waals surface area contributed by atoms with E-state index in [1.807, 2.05) is 0 Å². The van der Waals surface area contributed by atoms with Crippen LogP contribution < -0.4 is 5.73 Å². The van der Waals surface area contributed by atoms with Gasteiger partial charge in [0.05, 0.1) is 6.04 Å². The third-order valence-corrected chi connectivity index (χ3v) is 6.25. The van der Waals surface area contributed by atoms with E-state index in [0.717, 1.165) is 44.7 Å². The molecule has 1 heterocycles. The van der Waals surface area contributed by atoms with E-state index < -0.39 is 0 Å². The topological polar surface area (TPSA) is 68.7 Å². The van der Waals surface area contributed by atoms with E-state index in [-0.39, 0.29) is 36.8 Å². The van der Waals surface area contributed by atoms with Crippen LogP contribution in [-0.2, 0) is 0 Å². The molecule has 2 atom stereocenters. The summed E-state index contributed by atoms with van der Waals surface area (Å²) in [6.07, 6.45) is 16.7. The quantitative estimate of drug-likeness (QED) is 0.180. The first-order valence-electron chi connectivity index (χ1n) is 12.5. The summed E-state index contributed by atoms with van der Waals surface area (Å²) in [5, 5.41) is 8.43. The fraction of sp³-hybridized carbons (Fsp3) is 0.917. The van der Waals surface area contributed by atoms with E-state index in [9.17, 15) is 0 Å². The summed E-state index contributed by atoms with van der Waals surface area (Å²) in [5.41, 5.74) is 6.20. The van der Waals surface area contributed by atoms with Gasteiger partial charge in [-0.1, -0.05) is 79.1 Å². The predicted octanol–water partition coefficient (Wildman–Crippen LogP) is 6.98. The largest absolute Gasteiger partial charge is 0.370 e. The van der Waals surface area contributed by atoms with Crippen molar-refractivity contribution >= 4 is 36.7 Å². The Bertz CT molecular complexity index is 465. The normalized spacial score (nSPS) is 16.5. The Morgan fingerprint density at radius 1 is 0.871 bits per heavy atom. The number of likely N-dealkylation sites (tertiary alicyclic amines) is 1. The molecule has 0 spiro atoms. The van der Waals surface area contributed by atoms with E-state index in [1.165, 1.54) is 64.2 Å². The highest BCUT2D eigenvalue weighted by molar-refractivity contribution is 5.97. The van der Waals surface area contributed by atoms with Crippen LogP contribution in [-0.4, -0.2) is 46.9 Å². The van der Waals surface area contributed by atoms with Crippen LogP contribution >= 0.6 is 24.8 Å². The molecule has 7 heteroatoms. The second-order valence-corrected chi connectivity index (χ2v) is 8.70. The zero-order chi connectivity index (χ0) is 21.5. The minimum Gasteiger partial charge on any atom is -0.370 e. The molecular formula is C24H51Cl2N5. The second-order valence-electron chi connectivity index (χ2n) is 8.70. The first kappa shape index (κ1) is 32.5. The molecular weight excluding hydrogens is 429 g/mol. The number of rotatable bonds is 12. The van der Waals surface area contributed by atoms with Crippen LogP contribution in [0.15, 0.2) is 4.99 Å². The number of hydrogen-bond acceptors (Lipinski definition) is 2. The molecule has 1 fully saturated rings. The van der Waals surface area contributed by atoms with E-state index in [4.69, 9.17) is 16.1 Å². The van der Waals surface area contributed by atoms with Gasteiger partial charge in [-0.2, -0.15) is 0 Å². The molecule has 1 aliphatic rings. The second kappa shape index (κ2) is 20.0. The van der Waals surface area contributed by atoms with Gasteiger partial charge in [-0.25, -0.2) is 4.99 Å². The van der Waals surface area contributed by atoms with Crippen LogP contribution in [0.2, 0.25) is 0 Å². The molecule has 0 aromatic carbocycles. The number of nitrogens with one attached hydrogen (secondary N) is 1. The molecule has 3 N–H and O–H groups in total. The van der Waals surface area contributed by atoms with Gasteiger partial charge in [0, 0.05) is 19.1 Å². The van der Waals surface area contributed by atoms with Gasteiger partial charge < -0.3 is 10.6 Å². The number of nitrogens with two attached hydrogens (primary N) is 1. The molecule has 2 unspecified atom stereocenters. The van der Waals surface area contributed by atoms with Crippen molar-refractivity contribution in [3.8, 4) is 0 Å². The third-order valence-electron chi connectivity index (χ3n) is 6.25. The van der Waals surface area contributed by atoms with E-state index in [2.05, 4.69) is 37.5 Å². The van der Waals surface area contributed by atoms with Gasteiger partial charge >= 0.3 is 0 Å². The summed E-state index contributed by atoms with van der Waals surface area (Å²) in [7, 11) is 0. The van der Waals surface area contributed by atoms with Crippen molar-refractivity contribution < 1.29 is 0 Å². The molecule has 1 rings (SSSR count). The SMILES string of the molecule is CCCCCC(CC)N=C(N1CCCCCC1)N(C(=N)N)C(CC)CCCCC.Cl.Cl. The van der Waals surface area contributed by atoms with Crippen molar-refractivity contribution in [3.63, 3.8) is 0 Å². The number of halogens is 2. The number of aliphatic imine (C=N–C) groups is 1. The zero-order valence-electron chi connectivity index (χ0n) is 20.7. The zero-order valence-corrected chi connectivity index (χ0v) is 22.3. The van der Waals surface area contributed by atoms with E-state index in [1.54, 1.807) is 0 Å². The molecule has 0 radical (unpaired) electrons. The van der Waals surface area contributed by atoms with Crippen LogP contribution in [0.3, 0.4) is 0 Å². The molecule has 0 aliphatic carbocycles. The van der Waals surface area contributed by atoms with Gasteiger partial charge in [-0.05, 0) is 38.5 Å². The van der Waals surface area contributed by atoms with Crippen molar-refractivity contribution in [1.82, 2.24) is 9.80 Å². The van der Waals surface area contributed by atoms with Crippen LogP contribution in [0.4, 0.5) is 0 Å². The fourth-order valence-electron chi connectivity index (χ4n) is 4.33. The Morgan fingerprint density at radius 2 is 1.42 bits per heavy atom. The van der Waals surface area contributed by atoms with Gasteiger partial charge in [-0.15, -0.1) is 24.8 Å². The minimum atomic E-state index is 0. The maximum absolute atomic E-state index is 8.43. The maximum atomic E-state index is 8.43. The Kier molecular flexibility index (Phi) is 20.9. The fourth-order valence-corrected chi connectivity index (χ4v) is 4.33. The molecule has 0 aromatic heterocycles. The summed E-state index contributed by atoms with van der Waals surface area (Å²) in [6, 6.07) is 0.601. The van der Waals surface area contributed by atoms with E-state index >= 15 is 0 Å². The molecule has 1 saturated heterocycles. The molecule has 186 valence electrons. The highest BCUT2D eigenvalue weighted by Gasteiger charge is 2.28. The van der Waals surface area contributed by atoms with Gasteiger partial charge in [0.25, 0.3) is 0 Å². The lowest BCUT2D eigenvalue weighted by atomic mass is 10.0. The lowest BCUT2D eigenvalue weighted by molar-refractivity contribution is 0.309. The third kappa shape index (κ3) is 12.2. The molecule has 31 heavy (non-hydrogen) atoms. The van der Waals surface area contributed by atoms with Crippen LogP contribution in [0.5, 0.6) is 0 Å². The number of hydrogen-bond donors (Lipinski definition) is 2. The Labute approximate surface area is 205 Å². The van der Waals surface area contributed by atoms with Gasteiger partial charge in [-0.3, -0.25) is 10.3 Å². The average molecular weight is 481 g/mol. The highest BCUT2D eigenvalue weighted by Crippen LogP contribution is 2.20. The van der Waals surface area contributed by atoms with Crippen molar-refractivity contribution in [2.45, 2.75) is 130 Å². The Morgan fingerprint density at radius 3 is 1.87 bits per heavy atom. The molecule has 5 nitrogen and oxygen atoms in total. The van der Waals surface area contributed by atoms with Gasteiger partial charge in [0.2, 0.25) is 5.96 Å². The summed E-state index contributed by atoms with van der Waals surface area (Å²) >= 11 is 0. The Hall–Kier alpha value is -0.680. The van der Waals surface area contributed by atoms with E-state index in [0.29, 0.717) is 6.04 Å². The van der Waals surface area contributed by atoms with Crippen molar-refractivity contribution in [3.05, 3.63) is 0 Å². The Balaban J connectivity index is 0. The summed E-state index contributed by atoms with van der Waals surface area (Å²) in [5.74, 6) is 1.16. The maximum Gasteiger partial charge on any atom is 0.204 e. The standard InChI is InChI=1S/C24H49N5.2ClH/c1-5-9-13-17-21(7-3)27-24(28-19-15-11-12-16-20-28)29(23(25)26)22(8-4)18-14-10-6-2;;/h21-22H,5-20H2,1-4H3,(H3,25,26);2*1H. The smallest absolute Gasteiger partial charge is 0.204 e. The molecule has 0 bridgehead atoms. The molecule has 0 amide bonds. The predicted molar refractivity (Wildman–Crippen MR) is 142 cm³/mol. The lowest BCUT2D eigenvalue weighted by Gasteiger charge is -2.38. The molecule has 0 aromatic rings. The first-order chi connectivity index (χ1) is 14.1. The lowest BCUT2D eigenvalue weighted by Crippen LogP contribution is -2.55. The van der Waals surface area contributed by atoms with Crippen LogP contribution in [0, 0.1) is 5.41 Å². The van der Waals surface area contributed by atoms with Gasteiger partial charge in [0.1, 0.15) is 0 Å². The average Bonchev–Trinajstić information content (AvgIpc) is 3.00. The number of nitrogens with zero attached hydrogens (tertiary/aromatic N) is 3. The van der Waals surface area contributed by atoms with Crippen LogP contribution in [0.25, 0.3) is 0 Å². The van der Waals surface area contributed by atoms with Crippen molar-refractivity contribution in [1.29, 1.82) is 5.41 Å². The molecule has 1 aliphatic heterocycles. The highest BCUT2D eigenvalue weighted by atomic mass is 35.5. The van der Waals surface area contributed by atoms with Crippen molar-refractivity contribution in [2.24, 2.45) is 10.7 Å². The first-order valence-corrected chi connectivity index (χ1v) is 12.5. The summed E-state index contributed by atoms with van der Waals surface area (Å²) < 4.78 is 0.